The summed E-state index contributed by atoms with van der Waals surface area (Å²) in [5.41, 5.74) is 9.27. The maximum absolute atomic E-state index is 5.31. The Labute approximate surface area is 336 Å². The van der Waals surface area contributed by atoms with Crippen LogP contribution >= 0.6 is 22.7 Å². The van der Waals surface area contributed by atoms with Gasteiger partial charge in [-0.3, -0.25) is 0 Å². The van der Waals surface area contributed by atoms with Crippen molar-refractivity contribution in [3.05, 3.63) is 199 Å². The number of para-hydroxylation sites is 2. The number of nitrogens with zero attached hydrogens (tertiary/aromatic N) is 3. The average molecular weight is 765 g/mol. The number of aliphatic imine (C=N–C) groups is 2. The number of hydrogen-bond donors (Lipinski definition) is 1. The Hall–Kier alpha value is -6.86. The van der Waals surface area contributed by atoms with E-state index in [1.165, 1.54) is 73.3 Å². The van der Waals surface area contributed by atoms with E-state index >= 15 is 0 Å². The number of rotatable bonds is 5. The SMILES string of the molecule is c1ccc(C2N=C(c3cccc4c3sc3ccccc34)N=C(c3ccc4sc5c(-c6cccc7c6c6ccccc6n7-c6ccccc6)cccc5c4c3)N2)cc1. The molecule has 0 saturated carbocycles. The third kappa shape index (κ3) is 5.11. The highest BCUT2D eigenvalue weighted by Crippen LogP contribution is 2.45. The molecule has 0 spiro atoms. The molecular formula is C51H32N4S2. The van der Waals surface area contributed by atoms with Crippen LogP contribution < -0.4 is 5.32 Å². The first-order valence-electron chi connectivity index (χ1n) is 19.2. The minimum absolute atomic E-state index is 0.279. The molecule has 1 unspecified atom stereocenters. The van der Waals surface area contributed by atoms with Crippen molar-refractivity contribution < 1.29 is 0 Å². The molecule has 57 heavy (non-hydrogen) atoms. The molecule has 11 aromatic rings. The number of hydrogen-bond acceptors (Lipinski definition) is 5. The lowest BCUT2D eigenvalue weighted by molar-refractivity contribution is 0.674. The molecule has 0 bridgehead atoms. The van der Waals surface area contributed by atoms with Crippen LogP contribution in [0.3, 0.4) is 0 Å². The molecule has 6 heteroatoms. The second kappa shape index (κ2) is 12.8. The topological polar surface area (TPSA) is 41.7 Å². The van der Waals surface area contributed by atoms with Gasteiger partial charge in [0.15, 0.2) is 5.84 Å². The molecule has 268 valence electrons. The summed E-state index contributed by atoms with van der Waals surface area (Å²) >= 11 is 3.67. The van der Waals surface area contributed by atoms with Gasteiger partial charge in [0, 0.05) is 73.5 Å². The fraction of sp³-hybridized carbons (Fsp3) is 0.0196. The zero-order valence-electron chi connectivity index (χ0n) is 30.6. The van der Waals surface area contributed by atoms with Crippen LogP contribution in [0.4, 0.5) is 0 Å². The van der Waals surface area contributed by atoms with Crippen LogP contribution in [0.25, 0.3) is 79.0 Å². The van der Waals surface area contributed by atoms with Crippen molar-refractivity contribution >= 4 is 96.5 Å². The number of nitrogens with one attached hydrogen (secondary N) is 1. The molecule has 0 fully saturated rings. The van der Waals surface area contributed by atoms with Crippen LogP contribution in [0.5, 0.6) is 0 Å². The predicted octanol–water partition coefficient (Wildman–Crippen LogP) is 13.7. The minimum Gasteiger partial charge on any atom is -0.344 e. The van der Waals surface area contributed by atoms with Gasteiger partial charge >= 0.3 is 0 Å². The Morgan fingerprint density at radius 1 is 0.474 bits per heavy atom. The lowest BCUT2D eigenvalue weighted by Crippen LogP contribution is -2.33. The van der Waals surface area contributed by atoms with Crippen molar-refractivity contribution in [1.29, 1.82) is 0 Å². The van der Waals surface area contributed by atoms with Gasteiger partial charge in [0.1, 0.15) is 12.0 Å². The monoisotopic (exact) mass is 764 g/mol. The van der Waals surface area contributed by atoms with Gasteiger partial charge in [-0.1, -0.05) is 127 Å². The van der Waals surface area contributed by atoms with Crippen molar-refractivity contribution in [1.82, 2.24) is 9.88 Å². The van der Waals surface area contributed by atoms with E-state index in [0.717, 1.165) is 34.0 Å². The van der Waals surface area contributed by atoms with Crippen LogP contribution in [0.1, 0.15) is 22.9 Å². The van der Waals surface area contributed by atoms with Crippen LogP contribution in [-0.2, 0) is 0 Å². The van der Waals surface area contributed by atoms with E-state index in [9.17, 15) is 0 Å². The summed E-state index contributed by atoms with van der Waals surface area (Å²) in [7, 11) is 0. The molecule has 1 atom stereocenters. The smallest absolute Gasteiger partial charge is 0.160 e. The fourth-order valence-corrected chi connectivity index (χ4v) is 11.1. The Morgan fingerprint density at radius 2 is 1.09 bits per heavy atom. The highest BCUT2D eigenvalue weighted by Gasteiger charge is 2.24. The lowest BCUT2D eigenvalue weighted by Gasteiger charge is -2.24. The van der Waals surface area contributed by atoms with Gasteiger partial charge in [0.05, 0.1) is 11.0 Å². The lowest BCUT2D eigenvalue weighted by atomic mass is 9.97. The van der Waals surface area contributed by atoms with Gasteiger partial charge < -0.3 is 9.88 Å². The molecule has 1 aliphatic heterocycles. The quantitative estimate of drug-likeness (QED) is 0.186. The largest absolute Gasteiger partial charge is 0.344 e. The first-order chi connectivity index (χ1) is 28.3. The summed E-state index contributed by atoms with van der Waals surface area (Å²) in [6.45, 7) is 0. The molecule has 1 aliphatic rings. The van der Waals surface area contributed by atoms with Crippen molar-refractivity contribution in [3.8, 4) is 16.8 Å². The molecule has 1 N–H and O–H groups in total. The van der Waals surface area contributed by atoms with E-state index < -0.39 is 0 Å². The number of thiophene rings is 2. The van der Waals surface area contributed by atoms with E-state index in [-0.39, 0.29) is 6.17 Å². The summed E-state index contributed by atoms with van der Waals surface area (Å²) in [5.74, 6) is 1.57. The Morgan fingerprint density at radius 3 is 1.93 bits per heavy atom. The van der Waals surface area contributed by atoms with E-state index in [4.69, 9.17) is 9.98 Å². The van der Waals surface area contributed by atoms with Crippen molar-refractivity contribution in [2.45, 2.75) is 6.17 Å². The van der Waals surface area contributed by atoms with Crippen molar-refractivity contribution in [3.63, 3.8) is 0 Å². The summed E-state index contributed by atoms with van der Waals surface area (Å²) in [6, 6.07) is 65.4. The Kier molecular flexibility index (Phi) is 7.30. The van der Waals surface area contributed by atoms with Gasteiger partial charge in [-0.15, -0.1) is 22.7 Å². The number of fused-ring (bicyclic) bond motifs is 9. The average Bonchev–Trinajstić information content (AvgIpc) is 3.96. The van der Waals surface area contributed by atoms with Gasteiger partial charge in [-0.25, -0.2) is 9.98 Å². The van der Waals surface area contributed by atoms with E-state index in [1.807, 2.05) is 22.7 Å². The normalized spacial score (nSPS) is 14.5. The second-order valence-electron chi connectivity index (χ2n) is 14.5. The summed E-state index contributed by atoms with van der Waals surface area (Å²) < 4.78 is 7.41. The van der Waals surface area contributed by atoms with Gasteiger partial charge in [0.25, 0.3) is 0 Å². The number of amidine groups is 2. The zero-order valence-corrected chi connectivity index (χ0v) is 32.2. The molecule has 0 aliphatic carbocycles. The fourth-order valence-electron chi connectivity index (χ4n) is 8.70. The Balaban J connectivity index is 1.02. The van der Waals surface area contributed by atoms with Crippen molar-refractivity contribution in [2.75, 3.05) is 0 Å². The number of benzene rings is 8. The first-order valence-corrected chi connectivity index (χ1v) is 20.8. The van der Waals surface area contributed by atoms with Gasteiger partial charge in [0.2, 0.25) is 0 Å². The van der Waals surface area contributed by atoms with Crippen LogP contribution in [0.2, 0.25) is 0 Å². The van der Waals surface area contributed by atoms with E-state index in [0.29, 0.717) is 0 Å². The van der Waals surface area contributed by atoms with E-state index in [1.54, 1.807) is 0 Å². The third-order valence-corrected chi connectivity index (χ3v) is 13.7. The van der Waals surface area contributed by atoms with Crippen molar-refractivity contribution in [2.24, 2.45) is 9.98 Å². The highest BCUT2D eigenvalue weighted by atomic mass is 32.1. The molecule has 0 radical (unpaired) electrons. The summed E-state index contributed by atoms with van der Waals surface area (Å²) in [4.78, 5) is 10.6. The maximum Gasteiger partial charge on any atom is 0.160 e. The standard InChI is InChI=1S/C51H32N4S2/c1-3-14-31(15-4-1)49-52-50(54-51(53-49)40-24-12-21-36-34-18-8-10-27-44(34)56-48(36)40)32-28-29-45-41(30-32)38-23-11-22-37(47(38)57-45)35-20-13-26-43-46(35)39-19-7-9-25-42(39)55(43)33-16-5-2-6-17-33/h1-30,49H,(H,52,53,54). The molecular weight excluding hydrogens is 733 g/mol. The molecule has 4 nitrogen and oxygen atoms in total. The van der Waals surface area contributed by atoms with Gasteiger partial charge in [-0.05, 0) is 65.7 Å². The molecule has 12 rings (SSSR count). The van der Waals surface area contributed by atoms with Crippen LogP contribution in [0, 0.1) is 0 Å². The van der Waals surface area contributed by atoms with E-state index in [2.05, 4.69) is 192 Å². The number of aromatic nitrogens is 1. The first kappa shape index (κ1) is 32.4. The summed E-state index contributed by atoms with van der Waals surface area (Å²) in [6.07, 6.45) is -0.279. The molecule has 4 heterocycles. The second-order valence-corrected chi connectivity index (χ2v) is 16.6. The Bertz CT molecular complexity index is 3440. The minimum atomic E-state index is -0.279. The molecule has 8 aromatic carbocycles. The third-order valence-electron chi connectivity index (χ3n) is 11.3. The zero-order chi connectivity index (χ0) is 37.5. The maximum atomic E-state index is 5.31. The highest BCUT2D eigenvalue weighted by molar-refractivity contribution is 7.26. The van der Waals surface area contributed by atoms with Gasteiger partial charge in [-0.2, -0.15) is 0 Å². The van der Waals surface area contributed by atoms with Crippen LogP contribution in [-0.4, -0.2) is 16.2 Å². The summed E-state index contributed by atoms with van der Waals surface area (Å²) in [5, 5.41) is 11.2. The predicted molar refractivity (Wildman–Crippen MR) is 244 cm³/mol. The molecule has 0 amide bonds. The molecule has 0 saturated heterocycles. The molecule has 3 aromatic heterocycles. The van der Waals surface area contributed by atoms with Crippen LogP contribution in [0.15, 0.2) is 192 Å².